The van der Waals surface area contributed by atoms with E-state index in [1.165, 1.54) is 43.2 Å². The van der Waals surface area contributed by atoms with Gasteiger partial charge in [-0.05, 0) is 46.7 Å². The van der Waals surface area contributed by atoms with E-state index in [2.05, 4.69) is 63.2 Å². The Morgan fingerprint density at radius 1 is 1.04 bits per heavy atom. The van der Waals surface area contributed by atoms with Gasteiger partial charge in [-0.2, -0.15) is 0 Å². The van der Waals surface area contributed by atoms with Gasteiger partial charge in [0.05, 0.1) is 12.1 Å². The minimum atomic E-state index is 0.283. The van der Waals surface area contributed by atoms with Gasteiger partial charge in [-0.3, -0.25) is 4.90 Å². The Labute approximate surface area is 150 Å². The Bertz CT molecular complexity index is 702. The lowest BCUT2D eigenvalue weighted by molar-refractivity contribution is 0.123. The van der Waals surface area contributed by atoms with Gasteiger partial charge in [0.1, 0.15) is 0 Å². The van der Waals surface area contributed by atoms with Gasteiger partial charge in [0.15, 0.2) is 5.82 Å². The second-order valence-electron chi connectivity index (χ2n) is 7.95. The molecule has 25 heavy (non-hydrogen) atoms. The third-order valence-electron chi connectivity index (χ3n) is 5.89. The molecule has 0 spiro atoms. The number of benzene rings is 1. The number of nitrogens with zero attached hydrogens (tertiary/aromatic N) is 5. The average Bonchev–Trinajstić information content (AvgIpc) is 3.11. The predicted octanol–water partition coefficient (Wildman–Crippen LogP) is 3.93. The maximum Gasteiger partial charge on any atom is 0.168 e. The number of hydrogen-bond acceptors (Lipinski definition) is 4. The SMILES string of the molecule is CC(C)[C@H](c1nnnn1C1CCCCC1)N1CCc2ccccc2C1. The number of fused-ring (bicyclic) bond motifs is 1. The van der Waals surface area contributed by atoms with E-state index in [0.717, 1.165) is 25.3 Å². The lowest BCUT2D eigenvalue weighted by Crippen LogP contribution is -2.38. The molecule has 1 saturated carbocycles. The van der Waals surface area contributed by atoms with Crippen molar-refractivity contribution in [3.05, 3.63) is 41.2 Å². The molecule has 1 aromatic carbocycles. The van der Waals surface area contributed by atoms with Gasteiger partial charge < -0.3 is 0 Å². The van der Waals surface area contributed by atoms with Crippen LogP contribution in [0, 0.1) is 5.92 Å². The molecule has 1 atom stereocenters. The van der Waals surface area contributed by atoms with Crippen LogP contribution in [-0.4, -0.2) is 31.7 Å². The lowest BCUT2D eigenvalue weighted by atomic mass is 9.93. The molecule has 0 N–H and O–H groups in total. The second kappa shape index (κ2) is 7.24. The third kappa shape index (κ3) is 3.34. The van der Waals surface area contributed by atoms with Crippen molar-refractivity contribution >= 4 is 0 Å². The molecule has 0 bridgehead atoms. The molecule has 1 aliphatic carbocycles. The van der Waals surface area contributed by atoms with Crippen LogP contribution in [0.1, 0.15) is 75.0 Å². The quantitative estimate of drug-likeness (QED) is 0.846. The molecule has 2 aromatic rings. The van der Waals surface area contributed by atoms with Crippen molar-refractivity contribution in [2.24, 2.45) is 5.92 Å². The Balaban J connectivity index is 1.62. The largest absolute Gasteiger partial charge is 0.288 e. The number of aromatic nitrogens is 4. The van der Waals surface area contributed by atoms with Crippen molar-refractivity contribution in [2.75, 3.05) is 6.54 Å². The van der Waals surface area contributed by atoms with E-state index in [-0.39, 0.29) is 6.04 Å². The zero-order valence-electron chi connectivity index (χ0n) is 15.4. The van der Waals surface area contributed by atoms with Crippen LogP contribution < -0.4 is 0 Å². The predicted molar refractivity (Wildman–Crippen MR) is 98.1 cm³/mol. The first-order valence-electron chi connectivity index (χ1n) is 9.82. The summed E-state index contributed by atoms with van der Waals surface area (Å²) in [6.45, 7) is 6.67. The summed E-state index contributed by atoms with van der Waals surface area (Å²) in [5.41, 5.74) is 2.95. The molecule has 0 amide bonds. The Kier molecular flexibility index (Phi) is 4.84. The highest BCUT2D eigenvalue weighted by molar-refractivity contribution is 5.29. The van der Waals surface area contributed by atoms with Crippen molar-refractivity contribution in [3.8, 4) is 0 Å². The Hall–Kier alpha value is -1.75. The second-order valence-corrected chi connectivity index (χ2v) is 7.95. The minimum Gasteiger partial charge on any atom is -0.288 e. The fraction of sp³-hybridized carbons (Fsp3) is 0.650. The Morgan fingerprint density at radius 2 is 1.80 bits per heavy atom. The molecule has 0 radical (unpaired) electrons. The zero-order valence-corrected chi connectivity index (χ0v) is 15.4. The smallest absolute Gasteiger partial charge is 0.168 e. The fourth-order valence-corrected chi connectivity index (χ4v) is 4.62. The van der Waals surface area contributed by atoms with Crippen molar-refractivity contribution in [3.63, 3.8) is 0 Å². The first kappa shape index (κ1) is 16.7. The van der Waals surface area contributed by atoms with Crippen LogP contribution in [0.4, 0.5) is 0 Å². The fourth-order valence-electron chi connectivity index (χ4n) is 4.62. The molecular formula is C20H29N5. The summed E-state index contributed by atoms with van der Waals surface area (Å²) in [5, 5.41) is 13.0. The molecule has 0 unspecified atom stereocenters. The average molecular weight is 339 g/mol. The molecule has 1 fully saturated rings. The van der Waals surface area contributed by atoms with Crippen LogP contribution in [-0.2, 0) is 13.0 Å². The van der Waals surface area contributed by atoms with Gasteiger partial charge in [-0.15, -0.1) is 5.10 Å². The Morgan fingerprint density at radius 3 is 2.56 bits per heavy atom. The minimum absolute atomic E-state index is 0.283. The van der Waals surface area contributed by atoms with Gasteiger partial charge in [0.2, 0.25) is 0 Å². The highest BCUT2D eigenvalue weighted by Gasteiger charge is 2.33. The van der Waals surface area contributed by atoms with Crippen LogP contribution >= 0.6 is 0 Å². The summed E-state index contributed by atoms with van der Waals surface area (Å²) >= 11 is 0. The number of rotatable bonds is 4. The van der Waals surface area contributed by atoms with E-state index >= 15 is 0 Å². The van der Waals surface area contributed by atoms with Crippen LogP contribution in [0.15, 0.2) is 24.3 Å². The molecule has 134 valence electrons. The third-order valence-corrected chi connectivity index (χ3v) is 5.89. The molecule has 2 aliphatic rings. The van der Waals surface area contributed by atoms with E-state index in [0.29, 0.717) is 12.0 Å². The van der Waals surface area contributed by atoms with E-state index in [4.69, 9.17) is 0 Å². The molecular weight excluding hydrogens is 310 g/mol. The maximum atomic E-state index is 4.50. The van der Waals surface area contributed by atoms with Gasteiger partial charge in [-0.1, -0.05) is 57.4 Å². The van der Waals surface area contributed by atoms with Crippen LogP contribution in [0.25, 0.3) is 0 Å². The molecule has 0 saturated heterocycles. The summed E-state index contributed by atoms with van der Waals surface area (Å²) in [4.78, 5) is 2.58. The van der Waals surface area contributed by atoms with Gasteiger partial charge in [0.25, 0.3) is 0 Å². The van der Waals surface area contributed by atoms with E-state index < -0.39 is 0 Å². The van der Waals surface area contributed by atoms with Crippen LogP contribution in [0.5, 0.6) is 0 Å². The molecule has 1 aromatic heterocycles. The summed E-state index contributed by atoms with van der Waals surface area (Å²) in [5.74, 6) is 1.56. The van der Waals surface area contributed by atoms with Crippen molar-refractivity contribution in [1.29, 1.82) is 0 Å². The highest BCUT2D eigenvalue weighted by atomic mass is 15.6. The summed E-state index contributed by atoms with van der Waals surface area (Å²) in [6, 6.07) is 9.60. The summed E-state index contributed by atoms with van der Waals surface area (Å²) in [6.07, 6.45) is 7.49. The summed E-state index contributed by atoms with van der Waals surface area (Å²) in [7, 11) is 0. The monoisotopic (exact) mass is 339 g/mol. The van der Waals surface area contributed by atoms with Crippen LogP contribution in [0.3, 0.4) is 0 Å². The number of tetrazole rings is 1. The van der Waals surface area contributed by atoms with Gasteiger partial charge >= 0.3 is 0 Å². The molecule has 4 rings (SSSR count). The lowest BCUT2D eigenvalue weighted by Gasteiger charge is -2.37. The number of hydrogen-bond donors (Lipinski definition) is 0. The topological polar surface area (TPSA) is 46.8 Å². The first-order valence-corrected chi connectivity index (χ1v) is 9.82. The molecule has 2 heterocycles. The standard InChI is InChI=1S/C20H29N5/c1-15(2)19(24-13-12-16-8-6-7-9-17(16)14-24)20-21-22-23-25(20)18-10-4-3-5-11-18/h6-9,15,18-19H,3-5,10-14H2,1-2H3/t19-/m1/s1. The van der Waals surface area contributed by atoms with Crippen molar-refractivity contribution < 1.29 is 0 Å². The van der Waals surface area contributed by atoms with E-state index in [1.54, 1.807) is 0 Å². The van der Waals surface area contributed by atoms with Gasteiger partial charge in [-0.25, -0.2) is 4.68 Å². The van der Waals surface area contributed by atoms with Crippen LogP contribution in [0.2, 0.25) is 0 Å². The van der Waals surface area contributed by atoms with Crippen molar-refractivity contribution in [2.45, 2.75) is 71.0 Å². The van der Waals surface area contributed by atoms with E-state index in [1.807, 2.05) is 0 Å². The maximum absolute atomic E-state index is 4.50. The molecule has 1 aliphatic heterocycles. The summed E-state index contributed by atoms with van der Waals surface area (Å²) < 4.78 is 2.16. The zero-order chi connectivity index (χ0) is 17.2. The first-order chi connectivity index (χ1) is 12.2. The van der Waals surface area contributed by atoms with Gasteiger partial charge in [0, 0.05) is 13.1 Å². The van der Waals surface area contributed by atoms with E-state index in [9.17, 15) is 0 Å². The van der Waals surface area contributed by atoms with Crippen molar-refractivity contribution in [1.82, 2.24) is 25.1 Å². The molecule has 5 nitrogen and oxygen atoms in total. The molecule has 5 heteroatoms. The highest BCUT2D eigenvalue weighted by Crippen LogP contribution is 2.35. The normalized spacial score (nSPS) is 20.6.